The van der Waals surface area contributed by atoms with Gasteiger partial charge in [-0.1, -0.05) is 32.9 Å². The van der Waals surface area contributed by atoms with Crippen LogP contribution in [0.5, 0.6) is 5.75 Å². The summed E-state index contributed by atoms with van der Waals surface area (Å²) in [5.74, 6) is -0.0430. The first-order valence-electron chi connectivity index (χ1n) is 9.87. The predicted octanol–water partition coefficient (Wildman–Crippen LogP) is 5.09. The van der Waals surface area contributed by atoms with E-state index in [0.29, 0.717) is 28.5 Å². The van der Waals surface area contributed by atoms with Gasteiger partial charge >= 0.3 is 0 Å². The van der Waals surface area contributed by atoms with Gasteiger partial charge in [0, 0.05) is 22.7 Å². The van der Waals surface area contributed by atoms with E-state index in [4.69, 9.17) is 9.72 Å². The van der Waals surface area contributed by atoms with Crippen LogP contribution in [0.1, 0.15) is 37.0 Å². The molecule has 0 fully saturated rings. The fourth-order valence-corrected chi connectivity index (χ4v) is 3.16. The highest BCUT2D eigenvalue weighted by molar-refractivity contribution is 6.04. The number of hydrogen-bond donors (Lipinski definition) is 1. The molecule has 7 heteroatoms. The van der Waals surface area contributed by atoms with E-state index in [9.17, 15) is 9.18 Å². The molecule has 2 heterocycles. The Labute approximate surface area is 179 Å². The van der Waals surface area contributed by atoms with Crippen molar-refractivity contribution in [3.63, 3.8) is 0 Å². The minimum absolute atomic E-state index is 0.214. The van der Waals surface area contributed by atoms with Crippen molar-refractivity contribution in [2.24, 2.45) is 0 Å². The predicted molar refractivity (Wildman–Crippen MR) is 118 cm³/mol. The minimum Gasteiger partial charge on any atom is -0.497 e. The van der Waals surface area contributed by atoms with Gasteiger partial charge in [-0.2, -0.15) is 5.10 Å². The Kier molecular flexibility index (Phi) is 5.19. The number of aromatic nitrogens is 3. The molecular weight excluding hydrogens is 395 g/mol. The summed E-state index contributed by atoms with van der Waals surface area (Å²) in [6.07, 6.45) is 0. The van der Waals surface area contributed by atoms with E-state index < -0.39 is 0 Å². The fraction of sp³-hybridized carbons (Fsp3) is 0.208. The molecule has 0 saturated heterocycles. The molecular formula is C24H23FN4O2. The average molecular weight is 418 g/mol. The standard InChI is InChI=1S/C24H23FN4O2/c1-24(2,3)21-14-22-27-19(15-6-5-7-18(12-15)31-4)13-20(29(22)28-21)23(30)26-17-10-8-16(25)9-11-17/h5-14H,1-4H3,(H,26,30). The summed E-state index contributed by atoms with van der Waals surface area (Å²) in [6.45, 7) is 6.15. The van der Waals surface area contributed by atoms with Gasteiger partial charge in [-0.3, -0.25) is 4.79 Å². The van der Waals surface area contributed by atoms with Crippen molar-refractivity contribution in [3.05, 3.63) is 77.9 Å². The molecule has 0 aliphatic carbocycles. The normalized spacial score (nSPS) is 11.5. The van der Waals surface area contributed by atoms with Crippen molar-refractivity contribution < 1.29 is 13.9 Å². The molecule has 0 spiro atoms. The molecule has 2 aromatic heterocycles. The van der Waals surface area contributed by atoms with Crippen LogP contribution in [0.15, 0.2) is 60.7 Å². The molecule has 0 aliphatic rings. The van der Waals surface area contributed by atoms with Gasteiger partial charge < -0.3 is 10.1 Å². The third-order valence-electron chi connectivity index (χ3n) is 4.90. The number of rotatable bonds is 4. The number of fused-ring (bicyclic) bond motifs is 1. The molecule has 0 unspecified atom stereocenters. The minimum atomic E-state index is -0.369. The monoisotopic (exact) mass is 418 g/mol. The lowest BCUT2D eigenvalue weighted by atomic mass is 9.93. The number of amides is 1. The molecule has 0 saturated carbocycles. The van der Waals surface area contributed by atoms with Gasteiger partial charge in [-0.15, -0.1) is 0 Å². The first kappa shape index (κ1) is 20.5. The Morgan fingerprint density at radius 1 is 1.06 bits per heavy atom. The number of nitrogens with one attached hydrogen (secondary N) is 1. The summed E-state index contributed by atoms with van der Waals surface area (Å²) < 4.78 is 20.1. The van der Waals surface area contributed by atoms with E-state index in [0.717, 1.165) is 11.3 Å². The summed E-state index contributed by atoms with van der Waals surface area (Å²) in [4.78, 5) is 17.9. The highest BCUT2D eigenvalue weighted by Crippen LogP contribution is 2.27. The van der Waals surface area contributed by atoms with Gasteiger partial charge in [0.2, 0.25) is 0 Å². The summed E-state index contributed by atoms with van der Waals surface area (Å²) >= 11 is 0. The zero-order chi connectivity index (χ0) is 22.2. The van der Waals surface area contributed by atoms with E-state index >= 15 is 0 Å². The Morgan fingerprint density at radius 3 is 2.48 bits per heavy atom. The Hall–Kier alpha value is -3.74. The maximum atomic E-state index is 13.2. The summed E-state index contributed by atoms with van der Waals surface area (Å²) in [5, 5.41) is 7.45. The molecule has 4 rings (SSSR count). The molecule has 31 heavy (non-hydrogen) atoms. The number of nitrogens with zero attached hydrogens (tertiary/aromatic N) is 3. The van der Waals surface area contributed by atoms with Crippen LogP contribution < -0.4 is 10.1 Å². The highest BCUT2D eigenvalue weighted by Gasteiger charge is 2.22. The molecule has 4 aromatic rings. The van der Waals surface area contributed by atoms with Crippen molar-refractivity contribution in [2.75, 3.05) is 12.4 Å². The van der Waals surface area contributed by atoms with E-state index in [1.165, 1.54) is 24.3 Å². The molecule has 0 radical (unpaired) electrons. The topological polar surface area (TPSA) is 68.5 Å². The van der Waals surface area contributed by atoms with Crippen LogP contribution in [0.2, 0.25) is 0 Å². The lowest BCUT2D eigenvalue weighted by molar-refractivity contribution is 0.101. The molecule has 0 atom stereocenters. The molecule has 0 aliphatic heterocycles. The number of methoxy groups -OCH3 is 1. The first-order valence-corrected chi connectivity index (χ1v) is 9.87. The average Bonchev–Trinajstić information content (AvgIpc) is 3.19. The van der Waals surface area contributed by atoms with Crippen LogP contribution in [0, 0.1) is 5.82 Å². The van der Waals surface area contributed by atoms with E-state index in [1.807, 2.05) is 30.3 Å². The fourth-order valence-electron chi connectivity index (χ4n) is 3.16. The number of carbonyl (C=O) groups is 1. The van der Waals surface area contributed by atoms with Gasteiger partial charge in [0.05, 0.1) is 18.5 Å². The number of carbonyl (C=O) groups excluding carboxylic acids is 1. The van der Waals surface area contributed by atoms with Gasteiger partial charge in [-0.05, 0) is 42.5 Å². The van der Waals surface area contributed by atoms with Gasteiger partial charge in [0.1, 0.15) is 17.3 Å². The van der Waals surface area contributed by atoms with Gasteiger partial charge in [0.25, 0.3) is 5.91 Å². The SMILES string of the molecule is COc1cccc(-c2cc(C(=O)Nc3ccc(F)cc3)n3nc(C(C)(C)C)cc3n2)c1. The van der Waals surface area contributed by atoms with E-state index in [-0.39, 0.29) is 17.1 Å². The number of benzene rings is 2. The molecule has 2 aromatic carbocycles. The second-order valence-corrected chi connectivity index (χ2v) is 8.27. The van der Waals surface area contributed by atoms with Crippen LogP contribution in [0.3, 0.4) is 0 Å². The number of anilines is 1. The molecule has 1 N–H and O–H groups in total. The van der Waals surface area contributed by atoms with E-state index in [2.05, 4.69) is 31.2 Å². The van der Waals surface area contributed by atoms with Crippen molar-refractivity contribution in [3.8, 4) is 17.0 Å². The van der Waals surface area contributed by atoms with Crippen LogP contribution in [-0.4, -0.2) is 27.6 Å². The zero-order valence-electron chi connectivity index (χ0n) is 17.8. The molecule has 1 amide bonds. The number of ether oxygens (including phenoxy) is 1. The van der Waals surface area contributed by atoms with Crippen LogP contribution in [0.25, 0.3) is 16.9 Å². The van der Waals surface area contributed by atoms with Crippen molar-refractivity contribution >= 4 is 17.2 Å². The smallest absolute Gasteiger partial charge is 0.274 e. The maximum Gasteiger partial charge on any atom is 0.274 e. The maximum absolute atomic E-state index is 13.2. The third kappa shape index (κ3) is 4.26. The van der Waals surface area contributed by atoms with Gasteiger partial charge in [0.15, 0.2) is 5.65 Å². The third-order valence-corrected chi connectivity index (χ3v) is 4.90. The quantitative estimate of drug-likeness (QED) is 0.501. The first-order chi connectivity index (χ1) is 14.7. The second kappa shape index (κ2) is 7.83. The van der Waals surface area contributed by atoms with Crippen LogP contribution in [0.4, 0.5) is 10.1 Å². The summed E-state index contributed by atoms with van der Waals surface area (Å²) in [5.41, 5.74) is 3.42. The Balaban J connectivity index is 1.85. The van der Waals surface area contributed by atoms with Crippen LogP contribution in [-0.2, 0) is 5.41 Å². The zero-order valence-corrected chi connectivity index (χ0v) is 17.8. The lowest BCUT2D eigenvalue weighted by Gasteiger charge is -2.13. The molecule has 0 bridgehead atoms. The van der Waals surface area contributed by atoms with Crippen molar-refractivity contribution in [1.82, 2.24) is 14.6 Å². The van der Waals surface area contributed by atoms with Crippen molar-refractivity contribution in [2.45, 2.75) is 26.2 Å². The summed E-state index contributed by atoms with van der Waals surface area (Å²) in [7, 11) is 1.60. The van der Waals surface area contributed by atoms with Gasteiger partial charge in [-0.25, -0.2) is 13.9 Å². The van der Waals surface area contributed by atoms with E-state index in [1.54, 1.807) is 17.7 Å². The highest BCUT2D eigenvalue weighted by atomic mass is 19.1. The Morgan fingerprint density at radius 2 is 1.81 bits per heavy atom. The molecule has 6 nitrogen and oxygen atoms in total. The summed E-state index contributed by atoms with van der Waals surface area (Å²) in [6, 6.07) is 16.7. The second-order valence-electron chi connectivity index (χ2n) is 8.27. The molecule has 158 valence electrons. The Bertz CT molecular complexity index is 1260. The number of halogens is 1. The lowest BCUT2D eigenvalue weighted by Crippen LogP contribution is -2.18. The number of hydrogen-bond acceptors (Lipinski definition) is 4. The largest absolute Gasteiger partial charge is 0.497 e. The van der Waals surface area contributed by atoms with Crippen LogP contribution >= 0.6 is 0 Å². The van der Waals surface area contributed by atoms with Crippen molar-refractivity contribution in [1.29, 1.82) is 0 Å².